The second kappa shape index (κ2) is 5.37. The van der Waals surface area contributed by atoms with Crippen LogP contribution in [0.4, 0.5) is 5.88 Å². The zero-order valence-corrected chi connectivity index (χ0v) is 13.4. The van der Waals surface area contributed by atoms with Crippen molar-refractivity contribution in [3.05, 3.63) is 58.1 Å². The second-order valence-corrected chi connectivity index (χ2v) is 5.87. The lowest BCUT2D eigenvalue weighted by molar-refractivity contribution is 0.439. The number of hydrogen-bond acceptors (Lipinski definition) is 3. The molecule has 2 aromatic carbocycles. The van der Waals surface area contributed by atoms with E-state index in [-0.39, 0.29) is 0 Å². The Morgan fingerprint density at radius 2 is 1.76 bits per heavy atom. The van der Waals surface area contributed by atoms with Crippen molar-refractivity contribution < 1.29 is 4.52 Å². The third-order valence-electron chi connectivity index (χ3n) is 3.51. The van der Waals surface area contributed by atoms with Crippen molar-refractivity contribution in [1.29, 1.82) is 0 Å². The van der Waals surface area contributed by atoms with Gasteiger partial charge in [0.1, 0.15) is 5.69 Å². The van der Waals surface area contributed by atoms with Crippen LogP contribution in [0.5, 0.6) is 0 Å². The Bertz CT molecular complexity index is 791. The van der Waals surface area contributed by atoms with E-state index in [1.165, 1.54) is 5.56 Å². The number of nitrogens with zero attached hydrogens (tertiary/aromatic N) is 1. The van der Waals surface area contributed by atoms with Gasteiger partial charge in [-0.25, -0.2) is 0 Å². The van der Waals surface area contributed by atoms with E-state index in [9.17, 15) is 0 Å². The Kier molecular flexibility index (Phi) is 3.55. The number of nitrogen functional groups attached to an aromatic ring is 1. The van der Waals surface area contributed by atoms with Gasteiger partial charge in [-0.15, -0.1) is 0 Å². The summed E-state index contributed by atoms with van der Waals surface area (Å²) in [7, 11) is 0. The minimum Gasteiger partial charge on any atom is -0.367 e. The van der Waals surface area contributed by atoms with E-state index in [0.29, 0.717) is 5.88 Å². The summed E-state index contributed by atoms with van der Waals surface area (Å²) in [5, 5.41) is 4.16. The van der Waals surface area contributed by atoms with Gasteiger partial charge in [0.05, 0.1) is 5.56 Å². The highest BCUT2D eigenvalue weighted by atomic mass is 79.9. The number of rotatable bonds is 2. The smallest absolute Gasteiger partial charge is 0.230 e. The van der Waals surface area contributed by atoms with Gasteiger partial charge >= 0.3 is 0 Å². The Hall–Kier alpha value is -2.07. The van der Waals surface area contributed by atoms with Gasteiger partial charge in [-0.2, -0.15) is 0 Å². The molecular formula is C17H15BrN2O. The lowest BCUT2D eigenvalue weighted by atomic mass is 9.99. The summed E-state index contributed by atoms with van der Waals surface area (Å²) in [4.78, 5) is 0. The van der Waals surface area contributed by atoms with Gasteiger partial charge in [-0.1, -0.05) is 53.2 Å². The predicted octanol–water partition coefficient (Wildman–Crippen LogP) is 4.97. The van der Waals surface area contributed by atoms with Crippen LogP contribution >= 0.6 is 15.9 Å². The zero-order chi connectivity index (χ0) is 15.0. The van der Waals surface area contributed by atoms with Crippen molar-refractivity contribution in [3.63, 3.8) is 0 Å². The summed E-state index contributed by atoms with van der Waals surface area (Å²) in [6, 6.07) is 14.2. The molecule has 0 fully saturated rings. The van der Waals surface area contributed by atoms with Crippen LogP contribution in [0, 0.1) is 13.8 Å². The lowest BCUT2D eigenvalue weighted by Gasteiger charge is -2.07. The van der Waals surface area contributed by atoms with Crippen LogP contribution in [0.15, 0.2) is 51.5 Å². The lowest BCUT2D eigenvalue weighted by Crippen LogP contribution is -1.89. The van der Waals surface area contributed by atoms with Crippen LogP contribution in [0.25, 0.3) is 22.4 Å². The van der Waals surface area contributed by atoms with Crippen molar-refractivity contribution in [2.24, 2.45) is 0 Å². The fourth-order valence-electron chi connectivity index (χ4n) is 2.32. The molecule has 0 aliphatic heterocycles. The minimum atomic E-state index is 0.335. The van der Waals surface area contributed by atoms with E-state index in [4.69, 9.17) is 10.3 Å². The SMILES string of the molecule is Cc1ccc(-c2c(-c3cccc(C)c3Br)noc2N)cc1. The standard InChI is InChI=1S/C17H15BrN2O/c1-10-6-8-12(9-7-10)14-16(20-21-17(14)19)13-5-3-4-11(2)15(13)18/h3-9H,19H2,1-2H3. The maximum Gasteiger partial charge on any atom is 0.230 e. The Morgan fingerprint density at radius 3 is 2.48 bits per heavy atom. The highest BCUT2D eigenvalue weighted by Gasteiger charge is 2.19. The van der Waals surface area contributed by atoms with Crippen molar-refractivity contribution in [2.75, 3.05) is 5.73 Å². The van der Waals surface area contributed by atoms with Gasteiger partial charge in [-0.3, -0.25) is 0 Å². The van der Waals surface area contributed by atoms with Crippen molar-refractivity contribution in [3.8, 4) is 22.4 Å². The third-order valence-corrected chi connectivity index (χ3v) is 4.56. The average molecular weight is 343 g/mol. The Balaban J connectivity index is 2.22. The molecule has 0 unspecified atom stereocenters. The molecule has 0 atom stereocenters. The summed E-state index contributed by atoms with van der Waals surface area (Å²) >= 11 is 3.62. The van der Waals surface area contributed by atoms with Crippen LogP contribution in [-0.2, 0) is 0 Å². The van der Waals surface area contributed by atoms with Gasteiger partial charge in [0.25, 0.3) is 0 Å². The van der Waals surface area contributed by atoms with Gasteiger partial charge in [0, 0.05) is 10.0 Å². The van der Waals surface area contributed by atoms with E-state index in [1.807, 2.05) is 37.3 Å². The molecule has 1 aromatic heterocycles. The quantitative estimate of drug-likeness (QED) is 0.715. The normalized spacial score (nSPS) is 10.8. The molecule has 0 aliphatic carbocycles. The molecule has 21 heavy (non-hydrogen) atoms. The number of aryl methyl sites for hydroxylation is 2. The molecule has 2 N–H and O–H groups in total. The number of benzene rings is 2. The molecule has 0 saturated carbocycles. The van der Waals surface area contributed by atoms with E-state index in [0.717, 1.165) is 32.4 Å². The third kappa shape index (κ3) is 2.47. The number of nitrogens with two attached hydrogens (primary N) is 1. The Labute approximate surface area is 131 Å². The molecule has 0 saturated heterocycles. The van der Waals surface area contributed by atoms with E-state index in [2.05, 4.69) is 40.1 Å². The average Bonchev–Trinajstić information content (AvgIpc) is 2.85. The summed E-state index contributed by atoms with van der Waals surface area (Å²) in [6.07, 6.45) is 0. The first kappa shape index (κ1) is 13.9. The molecule has 0 spiro atoms. The van der Waals surface area contributed by atoms with E-state index in [1.54, 1.807) is 0 Å². The van der Waals surface area contributed by atoms with Gasteiger partial charge in [0.15, 0.2) is 0 Å². The van der Waals surface area contributed by atoms with Crippen LogP contribution in [0.2, 0.25) is 0 Å². The zero-order valence-electron chi connectivity index (χ0n) is 11.9. The molecule has 3 rings (SSSR count). The maximum absolute atomic E-state index is 5.99. The number of aromatic nitrogens is 1. The minimum absolute atomic E-state index is 0.335. The molecule has 1 heterocycles. The van der Waals surface area contributed by atoms with Crippen molar-refractivity contribution >= 4 is 21.8 Å². The molecule has 0 amide bonds. The van der Waals surface area contributed by atoms with Crippen LogP contribution in [0.3, 0.4) is 0 Å². The molecule has 0 bridgehead atoms. The maximum atomic E-state index is 5.99. The monoisotopic (exact) mass is 342 g/mol. The van der Waals surface area contributed by atoms with Gasteiger partial charge < -0.3 is 10.3 Å². The first-order valence-corrected chi connectivity index (χ1v) is 7.45. The topological polar surface area (TPSA) is 52.0 Å². The van der Waals surface area contributed by atoms with Gasteiger partial charge in [0.2, 0.25) is 5.88 Å². The van der Waals surface area contributed by atoms with Crippen LogP contribution in [-0.4, -0.2) is 5.16 Å². The number of halogens is 1. The summed E-state index contributed by atoms with van der Waals surface area (Å²) < 4.78 is 6.24. The molecule has 4 heteroatoms. The fourth-order valence-corrected chi connectivity index (χ4v) is 2.77. The first-order valence-electron chi connectivity index (χ1n) is 6.65. The number of hydrogen-bond donors (Lipinski definition) is 1. The van der Waals surface area contributed by atoms with E-state index >= 15 is 0 Å². The fraction of sp³-hybridized carbons (Fsp3) is 0.118. The molecule has 3 nitrogen and oxygen atoms in total. The second-order valence-electron chi connectivity index (χ2n) is 5.07. The summed E-state index contributed by atoms with van der Waals surface area (Å²) in [6.45, 7) is 4.10. The van der Waals surface area contributed by atoms with Crippen molar-refractivity contribution in [1.82, 2.24) is 5.16 Å². The van der Waals surface area contributed by atoms with Gasteiger partial charge in [-0.05, 0) is 40.9 Å². The molecule has 106 valence electrons. The van der Waals surface area contributed by atoms with Crippen LogP contribution in [0.1, 0.15) is 11.1 Å². The highest BCUT2D eigenvalue weighted by Crippen LogP contribution is 2.39. The number of anilines is 1. The largest absolute Gasteiger partial charge is 0.367 e. The van der Waals surface area contributed by atoms with E-state index < -0.39 is 0 Å². The summed E-state index contributed by atoms with van der Waals surface area (Å²) in [5.41, 5.74) is 11.9. The molecule has 3 aromatic rings. The first-order chi connectivity index (χ1) is 10.1. The molecule has 0 radical (unpaired) electrons. The van der Waals surface area contributed by atoms with Crippen molar-refractivity contribution in [2.45, 2.75) is 13.8 Å². The molecule has 0 aliphatic rings. The predicted molar refractivity (Wildman–Crippen MR) is 89.0 cm³/mol. The molecular weight excluding hydrogens is 328 g/mol. The summed E-state index contributed by atoms with van der Waals surface area (Å²) in [5.74, 6) is 0.335. The Morgan fingerprint density at radius 1 is 1.05 bits per heavy atom. The van der Waals surface area contributed by atoms with Crippen LogP contribution < -0.4 is 5.73 Å². The highest BCUT2D eigenvalue weighted by molar-refractivity contribution is 9.10.